The van der Waals surface area contributed by atoms with E-state index in [4.69, 9.17) is 28.3 Å². The van der Waals surface area contributed by atoms with E-state index in [2.05, 4.69) is 9.71 Å². The molecule has 3 aromatic carbocycles. The number of fused-ring (bicyclic) bond motifs is 1. The molecule has 0 aliphatic carbocycles. The number of nitrogens with one attached hydrogen (secondary N) is 1. The Hall–Kier alpha value is -2.88. The van der Waals surface area contributed by atoms with Crippen LogP contribution in [0.5, 0.6) is 0 Å². The maximum Gasteiger partial charge on any atom is 0.304 e. The maximum absolute atomic E-state index is 12.7. The highest BCUT2D eigenvalue weighted by molar-refractivity contribution is 7.99. The van der Waals surface area contributed by atoms with Crippen molar-refractivity contribution < 1.29 is 18.3 Å². The Morgan fingerprint density at radius 2 is 1.72 bits per heavy atom. The minimum absolute atomic E-state index is 0.0227. The summed E-state index contributed by atoms with van der Waals surface area (Å²) in [6.45, 7) is 0.194. The molecular formula is C29H26Cl2N2O4S2. The molecule has 0 radical (unpaired) electrons. The van der Waals surface area contributed by atoms with E-state index in [1.165, 1.54) is 36.0 Å². The van der Waals surface area contributed by atoms with Crippen LogP contribution in [0, 0.1) is 0 Å². The Kier molecular flexibility index (Phi) is 10.0. The van der Waals surface area contributed by atoms with Crippen LogP contribution in [0.1, 0.15) is 34.9 Å². The van der Waals surface area contributed by atoms with Gasteiger partial charge in [0.2, 0.25) is 10.0 Å². The second kappa shape index (κ2) is 13.5. The van der Waals surface area contributed by atoms with Crippen LogP contribution in [-0.2, 0) is 14.8 Å². The molecule has 1 atom stereocenters. The van der Waals surface area contributed by atoms with Crippen molar-refractivity contribution in [2.45, 2.75) is 23.0 Å². The topological polar surface area (TPSA) is 96.4 Å². The average Bonchev–Trinajstić information content (AvgIpc) is 2.91. The Labute approximate surface area is 242 Å². The molecule has 10 heteroatoms. The number of nitrogens with zero attached hydrogens (tertiary/aromatic N) is 1. The van der Waals surface area contributed by atoms with Crippen LogP contribution < -0.4 is 4.72 Å². The third-order valence-electron chi connectivity index (χ3n) is 5.86. The zero-order chi connectivity index (χ0) is 27.8. The smallest absolute Gasteiger partial charge is 0.304 e. The summed E-state index contributed by atoms with van der Waals surface area (Å²) in [6, 6.07) is 23.4. The lowest BCUT2D eigenvalue weighted by Crippen LogP contribution is -2.25. The molecule has 202 valence electrons. The van der Waals surface area contributed by atoms with Gasteiger partial charge in [-0.15, -0.1) is 0 Å². The van der Waals surface area contributed by atoms with E-state index in [1.807, 2.05) is 66.7 Å². The van der Waals surface area contributed by atoms with Crippen LogP contribution in [-0.4, -0.2) is 36.8 Å². The summed E-state index contributed by atoms with van der Waals surface area (Å²) in [5.74, 6) is -0.460. The molecule has 0 fully saturated rings. The van der Waals surface area contributed by atoms with Gasteiger partial charge in [0.25, 0.3) is 0 Å². The van der Waals surface area contributed by atoms with Crippen molar-refractivity contribution >= 4 is 74.0 Å². The first kappa shape index (κ1) is 29.1. The molecule has 39 heavy (non-hydrogen) atoms. The summed E-state index contributed by atoms with van der Waals surface area (Å²) in [7, 11) is -3.69. The third kappa shape index (κ3) is 8.55. The lowest BCUT2D eigenvalue weighted by atomic mass is 10.1. The van der Waals surface area contributed by atoms with Gasteiger partial charge in [-0.1, -0.05) is 65.7 Å². The lowest BCUT2D eigenvalue weighted by Gasteiger charge is -2.18. The number of thioether (sulfide) groups is 1. The van der Waals surface area contributed by atoms with Crippen LogP contribution in [0.4, 0.5) is 0 Å². The second-order valence-electron chi connectivity index (χ2n) is 8.72. The van der Waals surface area contributed by atoms with Gasteiger partial charge in [-0.2, -0.15) is 11.8 Å². The van der Waals surface area contributed by atoms with Crippen LogP contribution >= 0.6 is 35.0 Å². The van der Waals surface area contributed by atoms with Crippen LogP contribution in [0.15, 0.2) is 83.8 Å². The average molecular weight is 602 g/mol. The maximum atomic E-state index is 12.7. The highest BCUT2D eigenvalue weighted by atomic mass is 35.5. The molecule has 2 N–H and O–H groups in total. The van der Waals surface area contributed by atoms with Crippen LogP contribution in [0.2, 0.25) is 10.0 Å². The molecular weight excluding hydrogens is 575 g/mol. The number of hydrogen-bond donors (Lipinski definition) is 2. The number of aromatic nitrogens is 1. The van der Waals surface area contributed by atoms with Crippen LogP contribution in [0.25, 0.3) is 23.1 Å². The van der Waals surface area contributed by atoms with Gasteiger partial charge in [-0.05, 0) is 66.1 Å². The highest BCUT2D eigenvalue weighted by Gasteiger charge is 2.17. The Morgan fingerprint density at radius 1 is 0.974 bits per heavy atom. The van der Waals surface area contributed by atoms with Crippen molar-refractivity contribution in [1.29, 1.82) is 0 Å². The molecule has 1 unspecified atom stereocenters. The summed E-state index contributed by atoms with van der Waals surface area (Å²) < 4.78 is 28.0. The number of carbonyl (C=O) groups is 1. The third-order valence-corrected chi connectivity index (χ3v) is 9.18. The standard InChI is InChI=1S/C29H26Cl2N2O4S2/c30-23-8-12-26(13-9-23)39(36,37)32-16-14-28(38-17-15-29(34)35)22-3-1-2-20(18-22)4-10-25-11-6-21-5-7-24(31)19-27(21)33-25/h1-13,18-19,28,32H,14-17H2,(H,34,35)/b10-4+. The van der Waals surface area contributed by atoms with Crippen molar-refractivity contribution in [1.82, 2.24) is 9.71 Å². The fourth-order valence-electron chi connectivity index (χ4n) is 3.90. The van der Waals surface area contributed by atoms with Gasteiger partial charge in [0, 0.05) is 33.0 Å². The Balaban J connectivity index is 1.48. The van der Waals surface area contributed by atoms with E-state index in [0.717, 1.165) is 27.7 Å². The quantitative estimate of drug-likeness (QED) is 0.177. The predicted octanol–water partition coefficient (Wildman–Crippen LogP) is 7.33. The van der Waals surface area contributed by atoms with Gasteiger partial charge in [0.05, 0.1) is 22.5 Å². The molecule has 4 rings (SSSR count). The molecule has 0 bridgehead atoms. The van der Waals surface area contributed by atoms with Gasteiger partial charge in [0.15, 0.2) is 0 Å². The predicted molar refractivity (Wildman–Crippen MR) is 161 cm³/mol. The van der Waals surface area contributed by atoms with Crippen molar-refractivity contribution in [2.24, 2.45) is 0 Å². The van der Waals surface area contributed by atoms with Crippen molar-refractivity contribution in [3.8, 4) is 0 Å². The van der Waals surface area contributed by atoms with Crippen molar-refractivity contribution in [3.05, 3.63) is 106 Å². The second-order valence-corrected chi connectivity index (χ2v) is 12.7. The van der Waals surface area contributed by atoms with E-state index in [0.29, 0.717) is 22.2 Å². The molecule has 0 spiro atoms. The Bertz CT molecular complexity index is 1590. The molecule has 0 amide bonds. The molecule has 0 saturated heterocycles. The van der Waals surface area contributed by atoms with Gasteiger partial charge in [-0.3, -0.25) is 4.79 Å². The van der Waals surface area contributed by atoms with Gasteiger partial charge in [-0.25, -0.2) is 18.1 Å². The highest BCUT2D eigenvalue weighted by Crippen LogP contribution is 2.33. The van der Waals surface area contributed by atoms with Crippen LogP contribution in [0.3, 0.4) is 0 Å². The van der Waals surface area contributed by atoms with E-state index in [9.17, 15) is 13.2 Å². The number of carboxylic acids is 1. The first-order valence-electron chi connectivity index (χ1n) is 12.1. The van der Waals surface area contributed by atoms with Crippen molar-refractivity contribution in [3.63, 3.8) is 0 Å². The SMILES string of the molecule is O=C(O)CCSC(CCNS(=O)(=O)c1ccc(Cl)cc1)c1cccc(/C=C/c2ccc3ccc(Cl)cc3n2)c1. The summed E-state index contributed by atoms with van der Waals surface area (Å²) in [5, 5.41) is 11.1. The summed E-state index contributed by atoms with van der Waals surface area (Å²) in [5.41, 5.74) is 3.54. The number of carboxylic acid groups (broad SMARTS) is 1. The summed E-state index contributed by atoms with van der Waals surface area (Å²) >= 11 is 13.5. The normalized spacial score (nSPS) is 12.7. The largest absolute Gasteiger partial charge is 0.481 e. The molecule has 6 nitrogen and oxygen atoms in total. The van der Waals surface area contributed by atoms with E-state index in [1.54, 1.807) is 0 Å². The number of benzene rings is 3. The number of pyridine rings is 1. The summed E-state index contributed by atoms with van der Waals surface area (Å²) in [4.78, 5) is 15.9. The minimum Gasteiger partial charge on any atom is -0.481 e. The van der Waals surface area contributed by atoms with Gasteiger partial charge >= 0.3 is 5.97 Å². The zero-order valence-electron chi connectivity index (χ0n) is 20.8. The molecule has 0 aliphatic rings. The fourth-order valence-corrected chi connectivity index (χ4v) is 6.44. The van der Waals surface area contributed by atoms with E-state index in [-0.39, 0.29) is 23.1 Å². The fraction of sp³-hybridized carbons (Fsp3) is 0.172. The number of hydrogen-bond acceptors (Lipinski definition) is 5. The molecule has 0 saturated carbocycles. The molecule has 1 aromatic heterocycles. The van der Waals surface area contributed by atoms with Gasteiger partial charge in [0.1, 0.15) is 0 Å². The Morgan fingerprint density at radius 3 is 2.49 bits per heavy atom. The summed E-state index contributed by atoms with van der Waals surface area (Å²) in [6.07, 6.45) is 4.39. The lowest BCUT2D eigenvalue weighted by molar-refractivity contribution is -0.136. The van der Waals surface area contributed by atoms with Gasteiger partial charge < -0.3 is 5.11 Å². The monoisotopic (exact) mass is 600 g/mol. The minimum atomic E-state index is -3.69. The molecule has 1 heterocycles. The number of halogens is 2. The van der Waals surface area contributed by atoms with E-state index >= 15 is 0 Å². The molecule has 4 aromatic rings. The van der Waals surface area contributed by atoms with Crippen molar-refractivity contribution in [2.75, 3.05) is 12.3 Å². The first-order valence-corrected chi connectivity index (χ1v) is 15.4. The molecule has 0 aliphatic heterocycles. The number of rotatable bonds is 12. The first-order chi connectivity index (χ1) is 18.7. The number of aliphatic carboxylic acids is 1. The zero-order valence-corrected chi connectivity index (χ0v) is 23.9. The van der Waals surface area contributed by atoms with E-state index < -0.39 is 16.0 Å². The number of sulfonamides is 1.